The smallest absolute Gasteiger partial charge is 0.328 e. The lowest BCUT2D eigenvalue weighted by Gasteiger charge is -2.11. The Morgan fingerprint density at radius 3 is 2.93 bits per heavy atom. The topological polar surface area (TPSA) is 37.3 Å². The van der Waals surface area contributed by atoms with Gasteiger partial charge >= 0.3 is 5.97 Å². The molecule has 2 nitrogen and oxygen atoms in total. The zero-order valence-corrected chi connectivity index (χ0v) is 8.44. The van der Waals surface area contributed by atoms with Crippen LogP contribution in [-0.4, -0.2) is 11.1 Å². The number of aliphatic carboxylic acids is 1. The first-order valence-corrected chi connectivity index (χ1v) is 4.94. The van der Waals surface area contributed by atoms with Gasteiger partial charge in [-0.25, -0.2) is 4.79 Å². The Balaban J connectivity index is 2.50. The summed E-state index contributed by atoms with van der Waals surface area (Å²) in [4.78, 5) is 10.3. The molecule has 76 valence electrons. The van der Waals surface area contributed by atoms with Crippen molar-refractivity contribution in [1.29, 1.82) is 0 Å². The number of allylic oxidation sites excluding steroid dienone is 5. The molecular formula is C12H16O2. The first kappa shape index (κ1) is 10.8. The average molecular weight is 192 g/mol. The van der Waals surface area contributed by atoms with Crippen LogP contribution in [0.3, 0.4) is 0 Å². The normalized spacial score (nSPS) is 22.9. The molecule has 0 saturated heterocycles. The summed E-state index contributed by atoms with van der Waals surface area (Å²) in [6, 6.07) is 0. The van der Waals surface area contributed by atoms with Gasteiger partial charge in [0.2, 0.25) is 0 Å². The highest BCUT2D eigenvalue weighted by molar-refractivity contribution is 5.81. The lowest BCUT2D eigenvalue weighted by atomic mass is 9.95. The third-order valence-electron chi connectivity index (χ3n) is 2.25. The van der Waals surface area contributed by atoms with Gasteiger partial charge < -0.3 is 5.11 Å². The van der Waals surface area contributed by atoms with Crippen LogP contribution in [0.4, 0.5) is 0 Å². The second-order valence-electron chi connectivity index (χ2n) is 3.61. The van der Waals surface area contributed by atoms with Gasteiger partial charge in [0.25, 0.3) is 0 Å². The summed E-state index contributed by atoms with van der Waals surface area (Å²) in [6.45, 7) is 1.80. The predicted octanol–water partition coefficient (Wildman–Crippen LogP) is 2.93. The van der Waals surface area contributed by atoms with Gasteiger partial charge in [-0.3, -0.25) is 0 Å². The molecule has 0 aromatic rings. The molecular weight excluding hydrogens is 176 g/mol. The number of carbonyl (C=O) groups is 1. The third-order valence-corrected chi connectivity index (χ3v) is 2.25. The molecule has 0 aliphatic heterocycles. The Kier molecular flexibility index (Phi) is 4.17. The Bertz CT molecular complexity index is 285. The van der Waals surface area contributed by atoms with Crippen LogP contribution >= 0.6 is 0 Å². The van der Waals surface area contributed by atoms with Gasteiger partial charge in [0, 0.05) is 6.08 Å². The van der Waals surface area contributed by atoms with Crippen molar-refractivity contribution in [1.82, 2.24) is 0 Å². The van der Waals surface area contributed by atoms with Gasteiger partial charge in [-0.15, -0.1) is 0 Å². The Morgan fingerprint density at radius 2 is 2.36 bits per heavy atom. The van der Waals surface area contributed by atoms with Crippen LogP contribution in [0.2, 0.25) is 0 Å². The molecule has 0 amide bonds. The molecule has 0 saturated carbocycles. The minimum Gasteiger partial charge on any atom is -0.478 e. The first-order valence-electron chi connectivity index (χ1n) is 4.94. The molecule has 0 fully saturated rings. The second kappa shape index (κ2) is 5.43. The Hall–Kier alpha value is -1.31. The largest absolute Gasteiger partial charge is 0.478 e. The SMILES string of the molecule is CC(/C=C/C1C=CCCC1)=C\C(=O)O. The minimum absolute atomic E-state index is 0.487. The van der Waals surface area contributed by atoms with E-state index in [-0.39, 0.29) is 0 Å². The maximum Gasteiger partial charge on any atom is 0.328 e. The highest BCUT2D eigenvalue weighted by atomic mass is 16.4. The molecule has 1 atom stereocenters. The van der Waals surface area contributed by atoms with Crippen LogP contribution in [0.5, 0.6) is 0 Å². The molecule has 14 heavy (non-hydrogen) atoms. The van der Waals surface area contributed by atoms with E-state index in [0.29, 0.717) is 5.92 Å². The molecule has 0 bridgehead atoms. The van der Waals surface area contributed by atoms with Crippen LogP contribution in [0.1, 0.15) is 26.2 Å². The van der Waals surface area contributed by atoms with E-state index in [1.165, 1.54) is 25.3 Å². The molecule has 0 radical (unpaired) electrons. The van der Waals surface area contributed by atoms with Crippen molar-refractivity contribution in [2.75, 3.05) is 0 Å². The summed E-state index contributed by atoms with van der Waals surface area (Å²) in [7, 11) is 0. The van der Waals surface area contributed by atoms with Crippen molar-refractivity contribution in [3.05, 3.63) is 36.0 Å². The highest BCUT2D eigenvalue weighted by Crippen LogP contribution is 2.18. The van der Waals surface area contributed by atoms with E-state index < -0.39 is 5.97 Å². The number of hydrogen-bond acceptors (Lipinski definition) is 1. The molecule has 1 N–H and O–H groups in total. The number of hydrogen-bond donors (Lipinski definition) is 1. The molecule has 0 aromatic carbocycles. The molecule has 0 heterocycles. The Morgan fingerprint density at radius 1 is 1.57 bits per heavy atom. The van der Waals surface area contributed by atoms with E-state index in [9.17, 15) is 4.79 Å². The fourth-order valence-corrected chi connectivity index (χ4v) is 1.52. The summed E-state index contributed by atoms with van der Waals surface area (Å²) in [5, 5.41) is 8.50. The van der Waals surface area contributed by atoms with Crippen LogP contribution in [0.25, 0.3) is 0 Å². The summed E-state index contributed by atoms with van der Waals surface area (Å²) in [6.07, 6.45) is 13.1. The lowest BCUT2D eigenvalue weighted by Crippen LogP contribution is -1.96. The fourth-order valence-electron chi connectivity index (χ4n) is 1.52. The van der Waals surface area contributed by atoms with Crippen LogP contribution in [-0.2, 0) is 4.79 Å². The van der Waals surface area contributed by atoms with Gasteiger partial charge in [0.05, 0.1) is 0 Å². The molecule has 1 aliphatic rings. The van der Waals surface area contributed by atoms with Gasteiger partial charge in [-0.05, 0) is 37.7 Å². The first-order chi connectivity index (χ1) is 6.68. The lowest BCUT2D eigenvalue weighted by molar-refractivity contribution is -0.131. The van der Waals surface area contributed by atoms with Crippen LogP contribution < -0.4 is 0 Å². The third kappa shape index (κ3) is 4.08. The molecule has 2 heteroatoms. The quantitative estimate of drug-likeness (QED) is 0.424. The van der Waals surface area contributed by atoms with Crippen molar-refractivity contribution >= 4 is 5.97 Å². The fraction of sp³-hybridized carbons (Fsp3) is 0.417. The highest BCUT2D eigenvalue weighted by Gasteiger charge is 2.03. The van der Waals surface area contributed by atoms with Gasteiger partial charge in [0.1, 0.15) is 0 Å². The van der Waals surface area contributed by atoms with E-state index in [2.05, 4.69) is 18.2 Å². The van der Waals surface area contributed by atoms with Crippen LogP contribution in [0.15, 0.2) is 36.0 Å². The number of carboxylic acids is 1. The summed E-state index contributed by atoms with van der Waals surface area (Å²) < 4.78 is 0. The number of carboxylic acid groups (broad SMARTS) is 1. The van der Waals surface area contributed by atoms with Gasteiger partial charge in [-0.2, -0.15) is 0 Å². The van der Waals surface area contributed by atoms with Gasteiger partial charge in [0.15, 0.2) is 0 Å². The summed E-state index contributed by atoms with van der Waals surface area (Å²) in [5.41, 5.74) is 0.788. The van der Waals surface area contributed by atoms with Crippen molar-refractivity contribution in [2.45, 2.75) is 26.2 Å². The maximum atomic E-state index is 10.3. The van der Waals surface area contributed by atoms with Crippen molar-refractivity contribution in [2.24, 2.45) is 5.92 Å². The molecule has 0 aromatic heterocycles. The van der Waals surface area contributed by atoms with Crippen molar-refractivity contribution in [3.8, 4) is 0 Å². The van der Waals surface area contributed by atoms with E-state index in [1.807, 2.05) is 6.08 Å². The second-order valence-corrected chi connectivity index (χ2v) is 3.61. The van der Waals surface area contributed by atoms with E-state index in [4.69, 9.17) is 5.11 Å². The molecule has 1 unspecified atom stereocenters. The summed E-state index contributed by atoms with van der Waals surface area (Å²) >= 11 is 0. The van der Waals surface area contributed by atoms with Crippen molar-refractivity contribution in [3.63, 3.8) is 0 Å². The zero-order chi connectivity index (χ0) is 10.4. The monoisotopic (exact) mass is 192 g/mol. The van der Waals surface area contributed by atoms with E-state index >= 15 is 0 Å². The molecule has 0 spiro atoms. The van der Waals surface area contributed by atoms with E-state index in [0.717, 1.165) is 5.57 Å². The van der Waals surface area contributed by atoms with Crippen molar-refractivity contribution < 1.29 is 9.90 Å². The average Bonchev–Trinajstić information content (AvgIpc) is 2.15. The standard InChI is InChI=1S/C12H16O2/c1-10(9-12(13)14)7-8-11-5-3-2-4-6-11/h3,5,7-9,11H,2,4,6H2,1H3,(H,13,14)/b8-7+,10-9+. The predicted molar refractivity (Wildman–Crippen MR) is 57.0 cm³/mol. The van der Waals surface area contributed by atoms with E-state index in [1.54, 1.807) is 6.92 Å². The minimum atomic E-state index is -0.883. The maximum absolute atomic E-state index is 10.3. The van der Waals surface area contributed by atoms with Crippen LogP contribution in [0, 0.1) is 5.92 Å². The molecule has 1 aliphatic carbocycles. The number of rotatable bonds is 3. The van der Waals surface area contributed by atoms with Gasteiger partial charge in [-0.1, -0.05) is 24.3 Å². The zero-order valence-electron chi connectivity index (χ0n) is 8.44. The molecule has 1 rings (SSSR count). The summed E-state index contributed by atoms with van der Waals surface area (Å²) in [5.74, 6) is -0.396. The Labute approximate surface area is 84.6 Å².